The van der Waals surface area contributed by atoms with E-state index in [1.165, 1.54) is 17.8 Å². The van der Waals surface area contributed by atoms with Gasteiger partial charge in [-0.1, -0.05) is 13.0 Å². The molecule has 1 aromatic carbocycles. The quantitative estimate of drug-likeness (QED) is 0.929. The van der Waals surface area contributed by atoms with Gasteiger partial charge in [-0.3, -0.25) is 4.79 Å². The molecule has 0 bridgehead atoms. The van der Waals surface area contributed by atoms with Crippen LogP contribution in [0.4, 0.5) is 14.5 Å². The molecular weight excluding hydrogens is 284 g/mol. The van der Waals surface area contributed by atoms with Crippen LogP contribution in [0.15, 0.2) is 18.2 Å². The normalized spacial score (nSPS) is 22.1. The lowest BCUT2D eigenvalue weighted by Crippen LogP contribution is -2.31. The fraction of sp³-hybridized carbons (Fsp3) is 0.500. The van der Waals surface area contributed by atoms with Crippen molar-refractivity contribution < 1.29 is 18.7 Å². The number of rotatable bonds is 4. The smallest absolute Gasteiger partial charge is 0.240 e. The van der Waals surface area contributed by atoms with Crippen LogP contribution in [0.3, 0.4) is 0 Å². The van der Waals surface area contributed by atoms with Gasteiger partial charge in [0.15, 0.2) is 0 Å². The molecular formula is C14H17F2NO2S. The van der Waals surface area contributed by atoms with Gasteiger partial charge in [0.2, 0.25) is 5.91 Å². The number of benzene rings is 1. The van der Waals surface area contributed by atoms with Gasteiger partial charge in [-0.15, -0.1) is 11.8 Å². The van der Waals surface area contributed by atoms with E-state index in [4.69, 9.17) is 0 Å². The highest BCUT2D eigenvalue weighted by Gasteiger charge is 2.36. The third kappa shape index (κ3) is 2.96. The average Bonchev–Trinajstić information content (AvgIpc) is 2.71. The molecule has 3 atom stereocenters. The molecule has 20 heavy (non-hydrogen) atoms. The Labute approximate surface area is 121 Å². The summed E-state index contributed by atoms with van der Waals surface area (Å²) in [5.74, 6) is -1.76. The lowest BCUT2D eigenvalue weighted by atomic mass is 10.2. The molecule has 0 radical (unpaired) electrons. The van der Waals surface area contributed by atoms with Crippen molar-refractivity contribution in [3.05, 3.63) is 29.8 Å². The first-order valence-corrected chi connectivity index (χ1v) is 7.45. The monoisotopic (exact) mass is 301 g/mol. The van der Waals surface area contributed by atoms with E-state index in [1.807, 2.05) is 6.92 Å². The average molecular weight is 301 g/mol. The summed E-state index contributed by atoms with van der Waals surface area (Å²) in [6.45, 7) is 3.78. The Morgan fingerprint density at radius 3 is 2.50 bits per heavy atom. The summed E-state index contributed by atoms with van der Waals surface area (Å²) in [4.78, 5) is 13.4. The first-order valence-electron chi connectivity index (χ1n) is 6.50. The van der Waals surface area contributed by atoms with Crippen LogP contribution in [-0.2, 0) is 4.79 Å². The molecule has 1 aromatic rings. The maximum Gasteiger partial charge on any atom is 0.240 e. The molecule has 0 aliphatic carbocycles. The zero-order chi connectivity index (χ0) is 14.9. The minimum atomic E-state index is -0.729. The van der Waals surface area contributed by atoms with Crippen LogP contribution in [0, 0.1) is 11.6 Å². The second kappa shape index (κ2) is 6.10. The van der Waals surface area contributed by atoms with E-state index in [0.29, 0.717) is 13.0 Å². The Bertz CT molecular complexity index is 490. The van der Waals surface area contributed by atoms with Crippen molar-refractivity contribution >= 4 is 23.4 Å². The van der Waals surface area contributed by atoms with Crippen LogP contribution >= 0.6 is 11.8 Å². The van der Waals surface area contributed by atoms with Crippen molar-refractivity contribution in [2.24, 2.45) is 0 Å². The summed E-state index contributed by atoms with van der Waals surface area (Å²) in [5, 5.41) is 9.01. The Morgan fingerprint density at radius 1 is 1.35 bits per heavy atom. The molecule has 1 N–H and O–H groups in total. The highest BCUT2D eigenvalue weighted by Crippen LogP contribution is 2.34. The van der Waals surface area contributed by atoms with E-state index in [9.17, 15) is 18.7 Å². The standard InChI is InChI=1S/C14H17F2NO2S/c1-8(18)9(2)20-12-6-7-17(14(12)19)13-10(15)4-3-5-11(13)16/h3-5,8-9,12,18H,6-7H2,1-2H3/t8-,9+,12+/m0/s1. The third-order valence-corrected chi connectivity index (χ3v) is 5.01. The second-order valence-electron chi connectivity index (χ2n) is 4.92. The highest BCUT2D eigenvalue weighted by molar-refractivity contribution is 8.01. The van der Waals surface area contributed by atoms with Gasteiger partial charge in [0.25, 0.3) is 0 Å². The summed E-state index contributed by atoms with van der Waals surface area (Å²) in [6, 6.07) is 3.56. The van der Waals surface area contributed by atoms with Gasteiger partial charge in [0.1, 0.15) is 17.3 Å². The molecule has 2 rings (SSSR count). The maximum absolute atomic E-state index is 13.7. The predicted molar refractivity (Wildman–Crippen MR) is 75.8 cm³/mol. The van der Waals surface area contributed by atoms with E-state index in [-0.39, 0.29) is 22.1 Å². The minimum Gasteiger partial charge on any atom is -0.392 e. The molecule has 1 heterocycles. The summed E-state index contributed by atoms with van der Waals surface area (Å²) >= 11 is 1.35. The summed E-state index contributed by atoms with van der Waals surface area (Å²) in [5.41, 5.74) is -0.273. The number of nitrogens with zero attached hydrogens (tertiary/aromatic N) is 1. The van der Waals surface area contributed by atoms with Crippen molar-refractivity contribution in [2.75, 3.05) is 11.4 Å². The number of aliphatic hydroxyl groups excluding tert-OH is 1. The van der Waals surface area contributed by atoms with E-state index >= 15 is 0 Å². The number of aliphatic hydroxyl groups is 1. The molecule has 1 aliphatic rings. The molecule has 0 unspecified atom stereocenters. The third-order valence-electron chi connectivity index (χ3n) is 3.42. The Kier molecular flexibility index (Phi) is 4.65. The lowest BCUT2D eigenvalue weighted by molar-refractivity contribution is -0.116. The van der Waals surface area contributed by atoms with Crippen molar-refractivity contribution in [1.29, 1.82) is 0 Å². The number of hydrogen-bond donors (Lipinski definition) is 1. The van der Waals surface area contributed by atoms with Gasteiger partial charge >= 0.3 is 0 Å². The van der Waals surface area contributed by atoms with Crippen LogP contribution in [0.1, 0.15) is 20.3 Å². The minimum absolute atomic E-state index is 0.102. The zero-order valence-electron chi connectivity index (χ0n) is 11.3. The fourth-order valence-corrected chi connectivity index (χ4v) is 3.35. The van der Waals surface area contributed by atoms with E-state index in [0.717, 1.165) is 17.0 Å². The number of para-hydroxylation sites is 1. The Hall–Kier alpha value is -1.14. The number of thioether (sulfide) groups is 1. The van der Waals surface area contributed by atoms with Gasteiger partial charge in [0.05, 0.1) is 11.4 Å². The van der Waals surface area contributed by atoms with E-state index < -0.39 is 17.7 Å². The zero-order valence-corrected chi connectivity index (χ0v) is 12.2. The molecule has 0 spiro atoms. The number of hydrogen-bond acceptors (Lipinski definition) is 3. The lowest BCUT2D eigenvalue weighted by Gasteiger charge is -2.20. The van der Waals surface area contributed by atoms with Crippen LogP contribution in [-0.4, -0.2) is 34.2 Å². The van der Waals surface area contributed by atoms with Gasteiger partial charge < -0.3 is 10.0 Å². The van der Waals surface area contributed by atoms with Crippen molar-refractivity contribution in [3.8, 4) is 0 Å². The Balaban J connectivity index is 2.16. The van der Waals surface area contributed by atoms with Crippen molar-refractivity contribution in [3.63, 3.8) is 0 Å². The van der Waals surface area contributed by atoms with Crippen molar-refractivity contribution in [2.45, 2.75) is 36.9 Å². The van der Waals surface area contributed by atoms with Gasteiger partial charge in [-0.2, -0.15) is 0 Å². The van der Waals surface area contributed by atoms with Gasteiger partial charge in [-0.25, -0.2) is 8.78 Å². The topological polar surface area (TPSA) is 40.5 Å². The van der Waals surface area contributed by atoms with Gasteiger partial charge in [0, 0.05) is 11.8 Å². The van der Waals surface area contributed by atoms with Crippen LogP contribution < -0.4 is 4.90 Å². The molecule has 1 fully saturated rings. The molecule has 1 amide bonds. The summed E-state index contributed by atoms with van der Waals surface area (Å²) < 4.78 is 27.4. The number of anilines is 1. The maximum atomic E-state index is 13.7. The number of carbonyl (C=O) groups is 1. The first-order chi connectivity index (χ1) is 9.41. The Morgan fingerprint density at radius 2 is 1.95 bits per heavy atom. The van der Waals surface area contributed by atoms with Gasteiger partial charge in [-0.05, 0) is 25.5 Å². The van der Waals surface area contributed by atoms with Crippen molar-refractivity contribution in [1.82, 2.24) is 0 Å². The molecule has 3 nitrogen and oxygen atoms in total. The van der Waals surface area contributed by atoms with Crippen LogP contribution in [0.5, 0.6) is 0 Å². The predicted octanol–water partition coefficient (Wildman–Crippen LogP) is 2.57. The number of carbonyl (C=O) groups excluding carboxylic acids is 1. The molecule has 110 valence electrons. The number of halogens is 2. The first kappa shape index (κ1) is 15.3. The second-order valence-corrected chi connectivity index (χ2v) is 6.50. The largest absolute Gasteiger partial charge is 0.392 e. The summed E-state index contributed by atoms with van der Waals surface area (Å²) in [6.07, 6.45) is -0.0130. The molecule has 1 saturated heterocycles. The van der Waals surface area contributed by atoms with Crippen LogP contribution in [0.2, 0.25) is 0 Å². The molecule has 1 aliphatic heterocycles. The molecule has 6 heteroatoms. The summed E-state index contributed by atoms with van der Waals surface area (Å²) in [7, 11) is 0. The van der Waals surface area contributed by atoms with E-state index in [2.05, 4.69) is 0 Å². The van der Waals surface area contributed by atoms with E-state index in [1.54, 1.807) is 6.92 Å². The molecule has 0 aromatic heterocycles. The molecule has 0 saturated carbocycles. The SMILES string of the molecule is C[C@H](O)[C@@H](C)S[C@@H]1CCN(c2c(F)cccc2F)C1=O. The van der Waals surface area contributed by atoms with Crippen LogP contribution in [0.25, 0.3) is 0 Å². The highest BCUT2D eigenvalue weighted by atomic mass is 32.2. The number of amides is 1. The fourth-order valence-electron chi connectivity index (χ4n) is 2.12.